The van der Waals surface area contributed by atoms with E-state index in [1.807, 2.05) is 19.1 Å². The summed E-state index contributed by atoms with van der Waals surface area (Å²) in [6.45, 7) is 2.63. The molecule has 1 aromatic rings. The number of alkyl halides is 1. The lowest BCUT2D eigenvalue weighted by molar-refractivity contribution is 0.310. The van der Waals surface area contributed by atoms with E-state index in [0.717, 1.165) is 29.7 Å². The number of methoxy groups -OCH3 is 1. The Morgan fingerprint density at radius 2 is 2.07 bits per heavy atom. The van der Waals surface area contributed by atoms with Crippen molar-refractivity contribution in [2.24, 2.45) is 0 Å². The molecule has 0 N–H and O–H groups in total. The smallest absolute Gasteiger partial charge is 0.161 e. The van der Waals surface area contributed by atoms with Gasteiger partial charge < -0.3 is 9.47 Å². The second kappa shape index (κ2) is 6.72. The van der Waals surface area contributed by atoms with Crippen LogP contribution < -0.4 is 9.47 Å². The summed E-state index contributed by atoms with van der Waals surface area (Å²) in [6.07, 6.45) is 2.20. The van der Waals surface area contributed by atoms with Crippen molar-refractivity contribution in [2.75, 3.05) is 19.0 Å². The highest BCUT2D eigenvalue weighted by molar-refractivity contribution is 9.09. The molecule has 0 bridgehead atoms. The average Bonchev–Trinajstić information content (AvgIpc) is 2.28. The summed E-state index contributed by atoms with van der Waals surface area (Å²) in [5, 5.41) is 1.03. The van der Waals surface area contributed by atoms with Crippen LogP contribution in [0.15, 0.2) is 18.2 Å². The minimum absolute atomic E-state index is 0.664. The van der Waals surface area contributed by atoms with E-state index >= 15 is 0 Å². The van der Waals surface area contributed by atoms with Gasteiger partial charge in [0, 0.05) is 5.33 Å². The fourth-order valence-corrected chi connectivity index (χ4v) is 1.69. The van der Waals surface area contributed by atoms with E-state index in [4.69, 9.17) is 9.47 Å². The molecule has 1 rings (SSSR count). The number of hydrogen-bond donors (Lipinski definition) is 0. The molecule has 0 aliphatic carbocycles. The second-order valence-electron chi connectivity index (χ2n) is 3.21. The molecule has 2 nitrogen and oxygen atoms in total. The highest BCUT2D eigenvalue weighted by Gasteiger charge is 2.04. The van der Waals surface area contributed by atoms with E-state index in [1.54, 1.807) is 7.11 Å². The van der Waals surface area contributed by atoms with Gasteiger partial charge in [0.2, 0.25) is 0 Å². The number of benzene rings is 1. The fraction of sp³-hybridized carbons (Fsp3) is 0.500. The lowest BCUT2D eigenvalue weighted by Crippen LogP contribution is -1.96. The van der Waals surface area contributed by atoms with Gasteiger partial charge in [0.25, 0.3) is 0 Å². The number of hydrogen-bond acceptors (Lipinski definition) is 2. The van der Waals surface area contributed by atoms with Gasteiger partial charge in [0.05, 0.1) is 13.7 Å². The van der Waals surface area contributed by atoms with Crippen molar-refractivity contribution in [3.05, 3.63) is 23.8 Å². The second-order valence-corrected chi connectivity index (χ2v) is 4.00. The largest absolute Gasteiger partial charge is 0.493 e. The quantitative estimate of drug-likeness (QED) is 0.739. The van der Waals surface area contributed by atoms with Gasteiger partial charge in [0.1, 0.15) is 0 Å². The monoisotopic (exact) mass is 272 g/mol. The van der Waals surface area contributed by atoms with E-state index in [2.05, 4.69) is 22.0 Å². The Morgan fingerprint density at radius 3 is 2.67 bits per heavy atom. The summed E-state index contributed by atoms with van der Waals surface area (Å²) < 4.78 is 10.7. The minimum Gasteiger partial charge on any atom is -0.493 e. The van der Waals surface area contributed by atoms with Crippen LogP contribution in [0.3, 0.4) is 0 Å². The first-order valence-electron chi connectivity index (χ1n) is 5.17. The van der Waals surface area contributed by atoms with Gasteiger partial charge in [-0.25, -0.2) is 0 Å². The molecule has 0 spiro atoms. The maximum atomic E-state index is 5.45. The van der Waals surface area contributed by atoms with Crippen LogP contribution in [-0.2, 0) is 6.42 Å². The van der Waals surface area contributed by atoms with E-state index < -0.39 is 0 Å². The zero-order valence-electron chi connectivity index (χ0n) is 9.25. The van der Waals surface area contributed by atoms with E-state index in [9.17, 15) is 0 Å². The Kier molecular flexibility index (Phi) is 5.54. The molecule has 3 heteroatoms. The Balaban J connectivity index is 2.77. The van der Waals surface area contributed by atoms with E-state index in [0.29, 0.717) is 6.61 Å². The normalized spacial score (nSPS) is 10.1. The maximum Gasteiger partial charge on any atom is 0.161 e. The summed E-state index contributed by atoms with van der Waals surface area (Å²) >= 11 is 3.43. The molecule has 0 aliphatic rings. The van der Waals surface area contributed by atoms with Gasteiger partial charge in [-0.15, -0.1) is 0 Å². The van der Waals surface area contributed by atoms with Gasteiger partial charge in [-0.2, -0.15) is 0 Å². The Bertz CT molecular complexity index is 300. The van der Waals surface area contributed by atoms with E-state index in [1.165, 1.54) is 5.56 Å². The SMILES string of the molecule is CCOc1ccc(CCCBr)cc1OC. The van der Waals surface area contributed by atoms with Crippen LogP contribution >= 0.6 is 15.9 Å². The molecular weight excluding hydrogens is 256 g/mol. The maximum absolute atomic E-state index is 5.45. The molecule has 0 atom stereocenters. The highest BCUT2D eigenvalue weighted by atomic mass is 79.9. The van der Waals surface area contributed by atoms with Crippen LogP contribution in [0.5, 0.6) is 11.5 Å². The van der Waals surface area contributed by atoms with Crippen LogP contribution in [0.25, 0.3) is 0 Å². The summed E-state index contributed by atoms with van der Waals surface area (Å²) in [5.41, 5.74) is 1.29. The summed E-state index contributed by atoms with van der Waals surface area (Å²) in [5.74, 6) is 1.64. The molecule has 0 aliphatic heterocycles. The Labute approximate surface area is 99.7 Å². The lowest BCUT2D eigenvalue weighted by atomic mass is 10.1. The highest BCUT2D eigenvalue weighted by Crippen LogP contribution is 2.28. The van der Waals surface area contributed by atoms with Gasteiger partial charge in [-0.3, -0.25) is 0 Å². The molecule has 15 heavy (non-hydrogen) atoms. The molecule has 1 aromatic carbocycles. The number of rotatable bonds is 6. The molecule has 0 saturated carbocycles. The molecule has 0 radical (unpaired) electrons. The lowest BCUT2D eigenvalue weighted by Gasteiger charge is -2.10. The molecule has 0 heterocycles. The Morgan fingerprint density at radius 1 is 1.27 bits per heavy atom. The minimum atomic E-state index is 0.664. The number of halogens is 1. The van der Waals surface area contributed by atoms with Crippen molar-refractivity contribution in [3.8, 4) is 11.5 Å². The van der Waals surface area contributed by atoms with Crippen LogP contribution in [-0.4, -0.2) is 19.0 Å². The third kappa shape index (κ3) is 3.74. The zero-order valence-corrected chi connectivity index (χ0v) is 10.8. The van der Waals surface area contributed by atoms with Crippen LogP contribution in [0, 0.1) is 0 Å². The third-order valence-electron chi connectivity index (χ3n) is 2.13. The Hall–Kier alpha value is -0.700. The van der Waals surface area contributed by atoms with Crippen LogP contribution in [0.2, 0.25) is 0 Å². The number of ether oxygens (including phenoxy) is 2. The predicted octanol–water partition coefficient (Wildman–Crippen LogP) is 3.42. The van der Waals surface area contributed by atoms with Gasteiger partial charge in [-0.05, 0) is 37.5 Å². The molecule has 0 saturated heterocycles. The first-order valence-corrected chi connectivity index (χ1v) is 6.29. The molecule has 0 aromatic heterocycles. The van der Waals surface area contributed by atoms with Gasteiger partial charge in [0.15, 0.2) is 11.5 Å². The molecule has 84 valence electrons. The molecular formula is C12H17BrO2. The van der Waals surface area contributed by atoms with Crippen molar-refractivity contribution in [2.45, 2.75) is 19.8 Å². The van der Waals surface area contributed by atoms with Gasteiger partial charge >= 0.3 is 0 Å². The average molecular weight is 273 g/mol. The summed E-state index contributed by atoms with van der Waals surface area (Å²) in [4.78, 5) is 0. The first kappa shape index (κ1) is 12.4. The molecule has 0 amide bonds. The standard InChI is InChI=1S/C12H17BrO2/c1-3-15-11-7-6-10(5-4-8-13)9-12(11)14-2/h6-7,9H,3-5,8H2,1-2H3. The predicted molar refractivity (Wildman–Crippen MR) is 66.3 cm³/mol. The summed E-state index contributed by atoms with van der Waals surface area (Å²) in [7, 11) is 1.67. The van der Waals surface area contributed by atoms with Crippen LogP contribution in [0.1, 0.15) is 18.9 Å². The summed E-state index contributed by atoms with van der Waals surface area (Å²) in [6, 6.07) is 6.12. The zero-order chi connectivity index (χ0) is 11.1. The number of aryl methyl sites for hydroxylation is 1. The fourth-order valence-electron chi connectivity index (χ4n) is 1.41. The third-order valence-corrected chi connectivity index (χ3v) is 2.69. The van der Waals surface area contributed by atoms with Crippen molar-refractivity contribution in [1.29, 1.82) is 0 Å². The van der Waals surface area contributed by atoms with Crippen molar-refractivity contribution in [1.82, 2.24) is 0 Å². The van der Waals surface area contributed by atoms with Crippen molar-refractivity contribution >= 4 is 15.9 Å². The van der Waals surface area contributed by atoms with E-state index in [-0.39, 0.29) is 0 Å². The van der Waals surface area contributed by atoms with Crippen molar-refractivity contribution < 1.29 is 9.47 Å². The van der Waals surface area contributed by atoms with Crippen LogP contribution in [0.4, 0.5) is 0 Å². The topological polar surface area (TPSA) is 18.5 Å². The molecule has 0 unspecified atom stereocenters. The first-order chi connectivity index (χ1) is 7.31. The van der Waals surface area contributed by atoms with Crippen molar-refractivity contribution in [3.63, 3.8) is 0 Å². The molecule has 0 fully saturated rings. The van der Waals surface area contributed by atoms with Gasteiger partial charge in [-0.1, -0.05) is 22.0 Å².